The second-order valence-electron chi connectivity index (χ2n) is 4.44. The van der Waals surface area contributed by atoms with Crippen LogP contribution in [0.4, 0.5) is 0 Å². The van der Waals surface area contributed by atoms with Gasteiger partial charge in [0.05, 0.1) is 23.6 Å². The van der Waals surface area contributed by atoms with E-state index in [0.29, 0.717) is 0 Å². The first kappa shape index (κ1) is 13.9. The van der Waals surface area contributed by atoms with E-state index in [0.717, 1.165) is 21.4 Å². The number of halogens is 1. The number of hydrogen-bond donors (Lipinski definition) is 2. The van der Waals surface area contributed by atoms with Gasteiger partial charge in [-0.05, 0) is 39.7 Å². The van der Waals surface area contributed by atoms with Crippen LogP contribution in [0.2, 0.25) is 0 Å². The van der Waals surface area contributed by atoms with Gasteiger partial charge in [-0.15, -0.1) is 5.10 Å². The molecule has 0 fully saturated rings. The predicted molar refractivity (Wildman–Crippen MR) is 82.5 cm³/mol. The number of nitrogens with zero attached hydrogens (tertiary/aromatic N) is 4. The number of nitrogens with one attached hydrogen (secondary N) is 1. The Bertz CT molecular complexity index is 727. The van der Waals surface area contributed by atoms with Crippen LogP contribution in [0.15, 0.2) is 59.5 Å². The van der Waals surface area contributed by atoms with Crippen molar-refractivity contribution in [2.45, 2.75) is 6.04 Å². The molecule has 6 nitrogen and oxygen atoms in total. The number of para-hydroxylation sites is 1. The van der Waals surface area contributed by atoms with Crippen molar-refractivity contribution >= 4 is 15.9 Å². The number of benzene rings is 1. The number of nitrogens with two attached hydrogens (primary N) is 1. The van der Waals surface area contributed by atoms with Crippen molar-refractivity contribution in [2.75, 3.05) is 0 Å². The van der Waals surface area contributed by atoms with Gasteiger partial charge in [0, 0.05) is 16.9 Å². The number of rotatable bonds is 4. The van der Waals surface area contributed by atoms with Crippen LogP contribution in [-0.4, -0.2) is 20.0 Å². The van der Waals surface area contributed by atoms with E-state index < -0.39 is 0 Å². The third-order valence-electron chi connectivity index (χ3n) is 3.10. The fourth-order valence-corrected chi connectivity index (χ4v) is 2.53. The molecule has 0 radical (unpaired) electrons. The van der Waals surface area contributed by atoms with Crippen LogP contribution < -0.4 is 11.3 Å². The lowest BCUT2D eigenvalue weighted by Gasteiger charge is -2.17. The summed E-state index contributed by atoms with van der Waals surface area (Å²) in [5, 5.41) is 8.14. The van der Waals surface area contributed by atoms with Crippen LogP contribution >= 0.6 is 15.9 Å². The zero-order valence-corrected chi connectivity index (χ0v) is 12.6. The monoisotopic (exact) mass is 344 g/mol. The van der Waals surface area contributed by atoms with Gasteiger partial charge in [0.15, 0.2) is 0 Å². The Morgan fingerprint density at radius 2 is 1.95 bits per heavy atom. The lowest BCUT2D eigenvalue weighted by molar-refractivity contribution is 0.593. The van der Waals surface area contributed by atoms with E-state index in [1.54, 1.807) is 23.3 Å². The third kappa shape index (κ3) is 2.85. The van der Waals surface area contributed by atoms with Crippen molar-refractivity contribution in [2.24, 2.45) is 5.84 Å². The molecule has 3 aromatic rings. The second-order valence-corrected chi connectivity index (χ2v) is 5.36. The van der Waals surface area contributed by atoms with Gasteiger partial charge in [0.25, 0.3) is 0 Å². The SMILES string of the molecule is NNC(c1cncc(Br)c1)c1cnnn1-c1ccccc1. The smallest absolute Gasteiger partial charge is 0.0914 e. The average Bonchev–Trinajstić information content (AvgIpc) is 2.98. The molecule has 0 saturated heterocycles. The summed E-state index contributed by atoms with van der Waals surface area (Å²) in [4.78, 5) is 4.17. The lowest BCUT2D eigenvalue weighted by atomic mass is 10.1. The molecule has 1 atom stereocenters. The Balaban J connectivity index is 2.05. The summed E-state index contributed by atoms with van der Waals surface area (Å²) >= 11 is 3.42. The molecule has 0 bridgehead atoms. The molecule has 1 aromatic carbocycles. The van der Waals surface area contributed by atoms with Crippen LogP contribution in [0.1, 0.15) is 17.3 Å². The summed E-state index contributed by atoms with van der Waals surface area (Å²) in [5.41, 5.74) is 5.48. The van der Waals surface area contributed by atoms with Gasteiger partial charge in [0.1, 0.15) is 0 Å². The minimum atomic E-state index is -0.259. The van der Waals surface area contributed by atoms with E-state index in [1.807, 2.05) is 36.4 Å². The van der Waals surface area contributed by atoms with Crippen molar-refractivity contribution in [3.05, 3.63) is 70.7 Å². The summed E-state index contributed by atoms with van der Waals surface area (Å²) in [6, 6.07) is 11.5. The summed E-state index contributed by atoms with van der Waals surface area (Å²) in [7, 11) is 0. The minimum absolute atomic E-state index is 0.259. The normalized spacial score (nSPS) is 12.3. The lowest BCUT2D eigenvalue weighted by Crippen LogP contribution is -2.30. The number of hydrogen-bond acceptors (Lipinski definition) is 5. The maximum atomic E-state index is 5.73. The summed E-state index contributed by atoms with van der Waals surface area (Å²) in [6.45, 7) is 0. The zero-order valence-electron chi connectivity index (χ0n) is 11.0. The van der Waals surface area contributed by atoms with E-state index in [4.69, 9.17) is 5.84 Å². The van der Waals surface area contributed by atoms with E-state index in [9.17, 15) is 0 Å². The third-order valence-corrected chi connectivity index (χ3v) is 3.53. The Kier molecular flexibility index (Phi) is 4.05. The van der Waals surface area contributed by atoms with Gasteiger partial charge in [-0.2, -0.15) is 0 Å². The average molecular weight is 345 g/mol. The van der Waals surface area contributed by atoms with Crippen LogP contribution in [-0.2, 0) is 0 Å². The van der Waals surface area contributed by atoms with Gasteiger partial charge < -0.3 is 0 Å². The van der Waals surface area contributed by atoms with Gasteiger partial charge >= 0.3 is 0 Å². The van der Waals surface area contributed by atoms with Crippen molar-refractivity contribution in [3.63, 3.8) is 0 Å². The predicted octanol–water partition coefficient (Wildman–Crippen LogP) is 1.98. The molecule has 0 saturated carbocycles. The van der Waals surface area contributed by atoms with Crippen molar-refractivity contribution in [3.8, 4) is 5.69 Å². The van der Waals surface area contributed by atoms with Crippen LogP contribution in [0.25, 0.3) is 5.69 Å². The first-order valence-corrected chi connectivity index (χ1v) is 7.11. The standard InChI is InChI=1S/C14H13BrN6/c15-11-6-10(7-17-8-11)14(19-16)13-9-18-20-21(13)12-4-2-1-3-5-12/h1-9,14,19H,16H2. The first-order valence-electron chi connectivity index (χ1n) is 6.32. The van der Waals surface area contributed by atoms with E-state index >= 15 is 0 Å². The Labute approximate surface area is 130 Å². The van der Waals surface area contributed by atoms with Crippen molar-refractivity contribution < 1.29 is 0 Å². The van der Waals surface area contributed by atoms with E-state index in [-0.39, 0.29) is 6.04 Å². The Hall–Kier alpha value is -2.09. The highest BCUT2D eigenvalue weighted by Gasteiger charge is 2.19. The maximum absolute atomic E-state index is 5.73. The topological polar surface area (TPSA) is 81.7 Å². The van der Waals surface area contributed by atoms with Gasteiger partial charge in [0.2, 0.25) is 0 Å². The molecule has 0 amide bonds. The molecule has 1 unspecified atom stereocenters. The highest BCUT2D eigenvalue weighted by molar-refractivity contribution is 9.10. The molecule has 7 heteroatoms. The van der Waals surface area contributed by atoms with E-state index in [1.165, 1.54) is 0 Å². The Morgan fingerprint density at radius 1 is 1.14 bits per heavy atom. The zero-order chi connectivity index (χ0) is 14.7. The highest BCUT2D eigenvalue weighted by atomic mass is 79.9. The number of aromatic nitrogens is 4. The number of hydrazine groups is 1. The molecule has 0 aliphatic rings. The highest BCUT2D eigenvalue weighted by Crippen LogP contribution is 2.24. The number of pyridine rings is 1. The van der Waals surface area contributed by atoms with Crippen LogP contribution in [0.5, 0.6) is 0 Å². The summed E-state index contributed by atoms with van der Waals surface area (Å²) in [6.07, 6.45) is 5.18. The maximum Gasteiger partial charge on any atom is 0.0914 e. The molecule has 3 N–H and O–H groups in total. The van der Waals surface area contributed by atoms with Crippen molar-refractivity contribution in [1.82, 2.24) is 25.4 Å². The Morgan fingerprint density at radius 3 is 2.67 bits per heavy atom. The van der Waals surface area contributed by atoms with Crippen LogP contribution in [0.3, 0.4) is 0 Å². The largest absolute Gasteiger partial charge is 0.271 e. The molecule has 2 heterocycles. The van der Waals surface area contributed by atoms with Gasteiger partial charge in [-0.3, -0.25) is 10.8 Å². The molecular weight excluding hydrogens is 332 g/mol. The summed E-state index contributed by atoms with van der Waals surface area (Å²) < 4.78 is 2.64. The molecule has 0 spiro atoms. The van der Waals surface area contributed by atoms with Crippen LogP contribution in [0, 0.1) is 0 Å². The fourth-order valence-electron chi connectivity index (χ4n) is 2.15. The van der Waals surface area contributed by atoms with Gasteiger partial charge in [-0.1, -0.05) is 23.4 Å². The van der Waals surface area contributed by atoms with Gasteiger partial charge in [-0.25, -0.2) is 10.1 Å². The fraction of sp³-hybridized carbons (Fsp3) is 0.0714. The molecule has 2 aromatic heterocycles. The molecule has 106 valence electrons. The molecule has 3 rings (SSSR count). The first-order chi connectivity index (χ1) is 10.3. The molecule has 21 heavy (non-hydrogen) atoms. The second kappa shape index (κ2) is 6.13. The summed E-state index contributed by atoms with van der Waals surface area (Å²) in [5.74, 6) is 5.73. The van der Waals surface area contributed by atoms with Crippen molar-refractivity contribution in [1.29, 1.82) is 0 Å². The molecule has 0 aliphatic carbocycles. The van der Waals surface area contributed by atoms with E-state index in [2.05, 4.69) is 36.7 Å². The quantitative estimate of drug-likeness (QED) is 0.558. The minimum Gasteiger partial charge on any atom is -0.271 e. The molecule has 0 aliphatic heterocycles. The molecular formula is C14H13BrN6.